The highest BCUT2D eigenvalue weighted by Gasteiger charge is 2.82. The van der Waals surface area contributed by atoms with E-state index < -0.39 is 104 Å². The van der Waals surface area contributed by atoms with Gasteiger partial charge in [0.1, 0.15) is 16.9 Å². The summed E-state index contributed by atoms with van der Waals surface area (Å²) in [5, 5.41) is 28.4. The number of anilines is 2. The summed E-state index contributed by atoms with van der Waals surface area (Å²) in [6, 6.07) is 13.8. The first-order valence-electron chi connectivity index (χ1n) is 32.4. The fraction of sp³-hybridized carbons (Fsp3) is 0.563. The highest BCUT2D eigenvalue weighted by Crippen LogP contribution is 2.71. The maximum atomic E-state index is 16.6. The summed E-state index contributed by atoms with van der Waals surface area (Å²) in [5.41, 5.74) is -2.54. The zero-order valence-electron chi connectivity index (χ0n) is 54.3. The van der Waals surface area contributed by atoms with Gasteiger partial charge in [0, 0.05) is 152 Å². The smallest absolute Gasteiger partial charge is 0.344 e. The lowest BCUT2D eigenvalue weighted by Crippen LogP contribution is -2.81. The minimum atomic E-state index is -2.40. The number of fused-ring (bicyclic) bond motifs is 7. The minimum absolute atomic E-state index is 0.223. The largest absolute Gasteiger partial charge is 0.496 e. The van der Waals surface area contributed by atoms with Crippen LogP contribution in [-0.2, 0) is 63.9 Å². The third-order valence-electron chi connectivity index (χ3n) is 24.2. The van der Waals surface area contributed by atoms with Crippen molar-refractivity contribution in [2.75, 3.05) is 105 Å². The van der Waals surface area contributed by atoms with E-state index in [1.165, 1.54) is 40.7 Å². The van der Waals surface area contributed by atoms with Gasteiger partial charge in [-0.05, 0) is 92.4 Å². The zero-order valence-corrected chi connectivity index (χ0v) is 54.3. The summed E-state index contributed by atoms with van der Waals surface area (Å²) in [6.45, 7) is 13.0. The second kappa shape index (κ2) is 21.1. The number of hydrogen-bond donors (Lipinski definition) is 3. The molecule has 4 fully saturated rings. The number of likely N-dealkylation sites (N-methyl/N-ethyl adjacent to an activating group) is 2. The Balaban J connectivity index is 1.05. The van der Waals surface area contributed by atoms with Gasteiger partial charge < -0.3 is 58.2 Å². The van der Waals surface area contributed by atoms with E-state index in [0.717, 1.165) is 45.3 Å². The van der Waals surface area contributed by atoms with Gasteiger partial charge in [0.25, 0.3) is 0 Å². The third kappa shape index (κ3) is 7.59. The molecule has 2 saturated heterocycles. The number of ether oxygens (including phenoxy) is 7. The van der Waals surface area contributed by atoms with Crippen molar-refractivity contribution >= 4 is 52.1 Å². The molecule has 3 aromatic carbocycles. The van der Waals surface area contributed by atoms with Crippen molar-refractivity contribution in [3.05, 3.63) is 118 Å². The number of methoxy groups -OCH3 is 5. The van der Waals surface area contributed by atoms with E-state index in [-0.39, 0.29) is 18.4 Å². The van der Waals surface area contributed by atoms with Crippen LogP contribution in [0, 0.1) is 16.7 Å². The number of aromatic nitrogens is 1. The Kier molecular flexibility index (Phi) is 14.2. The highest BCUT2D eigenvalue weighted by molar-refractivity contribution is 5.96. The minimum Gasteiger partial charge on any atom is -0.496 e. The Hall–Kier alpha value is -7.23. The van der Waals surface area contributed by atoms with Gasteiger partial charge in [-0.15, -0.1) is 0 Å². The monoisotopic (exact) mass is 1250 g/mol. The predicted molar refractivity (Wildman–Crippen MR) is 338 cm³/mol. The number of carbonyl (C=O) groups excluding carboxylic acids is 5. The van der Waals surface area contributed by atoms with Gasteiger partial charge in [-0.1, -0.05) is 74.9 Å². The van der Waals surface area contributed by atoms with Crippen LogP contribution in [0.25, 0.3) is 10.9 Å². The van der Waals surface area contributed by atoms with E-state index in [0.29, 0.717) is 99.9 Å². The van der Waals surface area contributed by atoms with Crippen LogP contribution in [0.3, 0.4) is 0 Å². The Labute approximate surface area is 531 Å². The summed E-state index contributed by atoms with van der Waals surface area (Å²) < 4.78 is 43.6. The number of aliphatic hydroxyl groups is 2. The number of hydrogen-bond acceptors (Lipinski definition) is 19. The first-order valence-corrected chi connectivity index (χ1v) is 32.4. The van der Waals surface area contributed by atoms with Gasteiger partial charge >= 0.3 is 29.8 Å². The van der Waals surface area contributed by atoms with Crippen molar-refractivity contribution in [1.82, 2.24) is 19.7 Å². The SMILES string of the molecule is CCC1=C[C@@H]2CN(C1)C[C@H](c1cc3c(cc1OC)N(C)[C@H]1[C@@](O)(C(=O)OC)[C@H](OC(C)=O)[C@]4(CC)C=CCN5CC[C@]31[C@@H]54)c1c([nH]c3ccccc13)[C@@](C(=O)OC)(c1cc3c(cc1OC)N(C)[C@H]1[C@@](O)(C(=O)OC)[C@H](OC(C)=O)[C@]4(CC)C=CCN5CC[C@]31[C@@H]54)C2. The number of esters is 5. The fourth-order valence-corrected chi connectivity index (χ4v) is 21.4. The van der Waals surface area contributed by atoms with Crippen LogP contribution in [0.15, 0.2) is 84.5 Å². The van der Waals surface area contributed by atoms with Crippen LogP contribution >= 0.6 is 0 Å². The molecule has 2 saturated carbocycles. The first kappa shape index (κ1) is 61.3. The van der Waals surface area contributed by atoms with Crippen molar-refractivity contribution in [3.63, 3.8) is 0 Å². The summed E-state index contributed by atoms with van der Waals surface area (Å²) in [4.78, 5) is 88.4. The summed E-state index contributed by atoms with van der Waals surface area (Å²) in [5.74, 6) is -3.42. The Morgan fingerprint density at radius 1 is 0.648 bits per heavy atom. The molecule has 16 atom stereocenters. The number of rotatable bonds is 12. The van der Waals surface area contributed by atoms with Gasteiger partial charge in [-0.2, -0.15) is 0 Å². The quantitative estimate of drug-likeness (QED) is 0.0800. The fourth-order valence-electron chi connectivity index (χ4n) is 21.4. The third-order valence-corrected chi connectivity index (χ3v) is 24.2. The molecule has 9 heterocycles. The molecule has 14 rings (SSSR count). The maximum absolute atomic E-state index is 16.6. The zero-order chi connectivity index (χ0) is 64.4. The van der Waals surface area contributed by atoms with Crippen LogP contribution in [0.5, 0.6) is 11.5 Å². The molecule has 1 aromatic heterocycles. The lowest BCUT2D eigenvalue weighted by Gasteiger charge is -2.63. The van der Waals surface area contributed by atoms with Gasteiger partial charge in [-0.25, -0.2) is 9.59 Å². The number of benzene rings is 3. The second-order valence-electron chi connectivity index (χ2n) is 27.7. The van der Waals surface area contributed by atoms with Crippen molar-refractivity contribution in [3.8, 4) is 11.5 Å². The molecule has 20 heteroatoms. The summed E-state index contributed by atoms with van der Waals surface area (Å²) in [7, 11) is 11.0. The van der Waals surface area contributed by atoms with E-state index in [1.807, 2.05) is 74.2 Å². The molecule has 1 unspecified atom stereocenters. The second-order valence-corrected chi connectivity index (χ2v) is 27.7. The number of carbonyl (C=O) groups is 5. The number of nitrogens with one attached hydrogen (secondary N) is 1. The van der Waals surface area contributed by atoms with E-state index in [1.54, 1.807) is 14.2 Å². The number of para-hydroxylation sites is 1. The normalized spacial score (nSPS) is 37.1. The number of nitrogens with zero attached hydrogens (tertiary/aromatic N) is 5. The van der Waals surface area contributed by atoms with Crippen LogP contribution in [0.2, 0.25) is 0 Å². The van der Waals surface area contributed by atoms with E-state index in [4.69, 9.17) is 33.2 Å². The van der Waals surface area contributed by atoms with Crippen LogP contribution < -0.4 is 19.3 Å². The highest BCUT2D eigenvalue weighted by atomic mass is 16.6. The van der Waals surface area contributed by atoms with Gasteiger partial charge in [0.05, 0.1) is 47.6 Å². The molecule has 2 aliphatic carbocycles. The molecule has 2 bridgehead atoms. The maximum Gasteiger partial charge on any atom is 0.344 e. The molecular formula is C71H86N6O14. The number of aromatic amines is 1. The predicted octanol–water partition coefficient (Wildman–Crippen LogP) is 6.34. The van der Waals surface area contributed by atoms with E-state index >= 15 is 4.79 Å². The average Bonchev–Trinajstić information content (AvgIpc) is 1.52. The summed E-state index contributed by atoms with van der Waals surface area (Å²) in [6.07, 6.45) is 10.8. The van der Waals surface area contributed by atoms with Crippen molar-refractivity contribution in [2.45, 2.75) is 143 Å². The Morgan fingerprint density at radius 2 is 1.18 bits per heavy atom. The van der Waals surface area contributed by atoms with Crippen molar-refractivity contribution < 1.29 is 67.3 Å². The lowest BCUT2D eigenvalue weighted by molar-refractivity contribution is -0.229. The molecule has 0 amide bonds. The molecule has 10 aliphatic rings. The van der Waals surface area contributed by atoms with Crippen molar-refractivity contribution in [2.24, 2.45) is 16.7 Å². The van der Waals surface area contributed by atoms with Gasteiger partial charge in [0.15, 0.2) is 12.2 Å². The molecule has 0 radical (unpaired) electrons. The first-order chi connectivity index (χ1) is 43.6. The topological polar surface area (TPSA) is 222 Å². The summed E-state index contributed by atoms with van der Waals surface area (Å²) >= 11 is 0. The van der Waals surface area contributed by atoms with Crippen LogP contribution in [0.1, 0.15) is 113 Å². The molecule has 2 spiro atoms. The Morgan fingerprint density at radius 3 is 1.68 bits per heavy atom. The van der Waals surface area contributed by atoms with E-state index in [2.05, 4.69) is 69.1 Å². The molecular weight excluding hydrogens is 1160 g/mol. The van der Waals surface area contributed by atoms with E-state index in [9.17, 15) is 29.4 Å². The lowest BCUT2D eigenvalue weighted by atomic mass is 9.47. The van der Waals surface area contributed by atoms with Crippen LogP contribution in [-0.4, -0.2) is 203 Å². The Bertz CT molecular complexity index is 3840. The molecule has 3 N–H and O–H groups in total. The molecule has 4 aromatic rings. The molecule has 20 nitrogen and oxygen atoms in total. The molecule has 91 heavy (non-hydrogen) atoms. The van der Waals surface area contributed by atoms with Crippen molar-refractivity contribution in [1.29, 1.82) is 0 Å². The standard InChI is InChI=1S/C71H86N6O14/c1-13-41-30-42-35-69(62(80)87-10,48-32-47-51(34-53(48)86-9)74(7)59-68(47)25-29-77-27-19-23-66(15-3,57(68)77)61(91-40(5)79)71(59,84)64(82)89-12)55-54(43-20-16-17-21-49(43)72-55)45(38-75(36-41)37-42)44-31-46-50(33-52(44)85-8)73(6)58-67(46)24-28-76-26-18-22-65(14-2,56(67)76)60(90-39(4)78)70(58,83)63(81)88-11/h16-23,30-34,42,45,56-61,72,83-84H,13-15,24-29,35-38H2,1-12H3/t42-,45+,56-,57-,58+,59+,60+,61+,65+,66+,67+,68+,69-,70-,71-/m0/s1. The number of H-pyrrole nitrogens is 1. The van der Waals surface area contributed by atoms with Gasteiger partial charge in [0.2, 0.25) is 11.2 Å². The molecule has 484 valence electrons. The van der Waals surface area contributed by atoms with Crippen LogP contribution in [0.4, 0.5) is 11.4 Å². The molecule has 8 aliphatic heterocycles. The van der Waals surface area contributed by atoms with Gasteiger partial charge in [-0.3, -0.25) is 29.1 Å². The average molecular weight is 1250 g/mol.